The van der Waals surface area contributed by atoms with Gasteiger partial charge in [0.2, 0.25) is 11.9 Å². The molecule has 2 rings (SSSR count). The predicted molar refractivity (Wildman–Crippen MR) is 56.1 cm³/mol. The summed E-state index contributed by atoms with van der Waals surface area (Å²) in [6.07, 6.45) is 1.83. The van der Waals surface area contributed by atoms with Crippen molar-refractivity contribution < 1.29 is 9.18 Å². The first-order chi connectivity index (χ1) is 7.51. The Bertz CT molecular complexity index is 425. The second kappa shape index (κ2) is 3.70. The first-order valence-electron chi connectivity index (χ1n) is 5.04. The topological polar surface area (TPSA) is 72.1 Å². The van der Waals surface area contributed by atoms with Crippen LogP contribution in [0.2, 0.25) is 0 Å². The molecule has 0 aromatic carbocycles. The Morgan fingerprint density at radius 3 is 2.94 bits per heavy atom. The van der Waals surface area contributed by atoms with Crippen LogP contribution in [0.15, 0.2) is 12.4 Å². The van der Waals surface area contributed by atoms with Crippen LogP contribution in [0, 0.1) is 11.4 Å². The van der Waals surface area contributed by atoms with Crippen LogP contribution in [-0.4, -0.2) is 29.0 Å². The van der Waals surface area contributed by atoms with Crippen molar-refractivity contribution in [2.24, 2.45) is 11.1 Å². The number of anilines is 1. The van der Waals surface area contributed by atoms with E-state index in [9.17, 15) is 9.18 Å². The molecular formula is C10H13FN4O. The van der Waals surface area contributed by atoms with Gasteiger partial charge < -0.3 is 10.6 Å². The van der Waals surface area contributed by atoms with Crippen molar-refractivity contribution in [2.45, 2.75) is 13.3 Å². The van der Waals surface area contributed by atoms with Gasteiger partial charge in [0, 0.05) is 19.2 Å². The molecule has 16 heavy (non-hydrogen) atoms. The van der Waals surface area contributed by atoms with Crippen LogP contribution < -0.4 is 10.6 Å². The van der Waals surface area contributed by atoms with Crippen molar-refractivity contribution in [3.05, 3.63) is 18.3 Å². The minimum absolute atomic E-state index is 0.329. The Kier molecular flexibility index (Phi) is 2.49. The van der Waals surface area contributed by atoms with Crippen molar-refractivity contribution in [3.63, 3.8) is 0 Å². The normalized spacial score (nSPS) is 24.8. The lowest BCUT2D eigenvalue weighted by Crippen LogP contribution is -2.37. The van der Waals surface area contributed by atoms with E-state index in [1.807, 2.05) is 11.8 Å². The Labute approximate surface area is 92.5 Å². The Balaban J connectivity index is 2.18. The van der Waals surface area contributed by atoms with Gasteiger partial charge in [-0.25, -0.2) is 9.97 Å². The highest BCUT2D eigenvalue weighted by atomic mass is 19.1. The molecule has 1 aliphatic rings. The number of carbonyl (C=O) groups excluding carboxylic acids is 1. The van der Waals surface area contributed by atoms with E-state index in [0.29, 0.717) is 25.3 Å². The minimum atomic E-state index is -0.572. The van der Waals surface area contributed by atoms with Gasteiger partial charge in [0.05, 0.1) is 5.41 Å². The highest BCUT2D eigenvalue weighted by molar-refractivity contribution is 5.81. The monoisotopic (exact) mass is 224 g/mol. The predicted octanol–water partition coefficient (Wildman–Crippen LogP) is 0.317. The van der Waals surface area contributed by atoms with Crippen LogP contribution in [-0.2, 0) is 4.79 Å². The molecule has 0 bridgehead atoms. The summed E-state index contributed by atoms with van der Waals surface area (Å²) in [4.78, 5) is 20.5. The molecule has 2 heterocycles. The fourth-order valence-electron chi connectivity index (χ4n) is 1.85. The van der Waals surface area contributed by atoms with Gasteiger partial charge in [-0.2, -0.15) is 4.39 Å². The second-order valence-corrected chi connectivity index (χ2v) is 4.30. The van der Waals surface area contributed by atoms with Gasteiger partial charge in [0.1, 0.15) is 12.1 Å². The van der Waals surface area contributed by atoms with E-state index >= 15 is 0 Å². The fourth-order valence-corrected chi connectivity index (χ4v) is 1.85. The molecule has 2 N–H and O–H groups in total. The fraction of sp³-hybridized carbons (Fsp3) is 0.500. The summed E-state index contributed by atoms with van der Waals surface area (Å²) in [5.74, 6) is -0.403. The molecule has 1 unspecified atom stereocenters. The van der Waals surface area contributed by atoms with Crippen molar-refractivity contribution in [1.82, 2.24) is 9.97 Å². The van der Waals surface area contributed by atoms with E-state index in [2.05, 4.69) is 9.97 Å². The zero-order valence-corrected chi connectivity index (χ0v) is 8.98. The summed E-state index contributed by atoms with van der Waals surface area (Å²) in [7, 11) is 0. The third kappa shape index (κ3) is 1.82. The van der Waals surface area contributed by atoms with Crippen molar-refractivity contribution >= 4 is 11.7 Å². The van der Waals surface area contributed by atoms with Crippen LogP contribution in [0.25, 0.3) is 0 Å². The number of carbonyl (C=O) groups is 1. The SMILES string of the molecule is CC1(C(N)=O)CCN(c2cc(F)ncn2)C1. The van der Waals surface area contributed by atoms with E-state index in [4.69, 9.17) is 5.73 Å². The Morgan fingerprint density at radius 1 is 1.62 bits per heavy atom. The molecule has 0 spiro atoms. The summed E-state index contributed by atoms with van der Waals surface area (Å²) >= 11 is 0. The maximum absolute atomic E-state index is 12.9. The Hall–Kier alpha value is -1.72. The maximum Gasteiger partial charge on any atom is 0.225 e. The van der Waals surface area contributed by atoms with Gasteiger partial charge in [-0.15, -0.1) is 0 Å². The van der Waals surface area contributed by atoms with E-state index in [0.717, 1.165) is 0 Å². The van der Waals surface area contributed by atoms with E-state index in [1.165, 1.54) is 12.4 Å². The number of nitrogens with two attached hydrogens (primary N) is 1. The van der Waals surface area contributed by atoms with E-state index < -0.39 is 11.4 Å². The smallest absolute Gasteiger partial charge is 0.225 e. The van der Waals surface area contributed by atoms with Gasteiger partial charge in [-0.3, -0.25) is 4.79 Å². The highest BCUT2D eigenvalue weighted by Gasteiger charge is 2.39. The molecule has 1 aromatic rings. The van der Waals surface area contributed by atoms with Gasteiger partial charge >= 0.3 is 0 Å². The molecule has 6 heteroatoms. The Morgan fingerprint density at radius 2 is 2.38 bits per heavy atom. The lowest BCUT2D eigenvalue weighted by molar-refractivity contribution is -0.125. The van der Waals surface area contributed by atoms with Crippen LogP contribution in [0.4, 0.5) is 10.2 Å². The molecule has 0 saturated carbocycles. The number of hydrogen-bond acceptors (Lipinski definition) is 4. The van der Waals surface area contributed by atoms with Crippen molar-refractivity contribution in [2.75, 3.05) is 18.0 Å². The molecule has 1 aliphatic heterocycles. The van der Waals surface area contributed by atoms with Crippen LogP contribution in [0.3, 0.4) is 0 Å². The maximum atomic E-state index is 12.9. The molecule has 1 amide bonds. The molecule has 1 fully saturated rings. The summed E-state index contributed by atoms with van der Waals surface area (Å²) in [5, 5.41) is 0. The number of nitrogens with zero attached hydrogens (tertiary/aromatic N) is 3. The molecule has 0 aliphatic carbocycles. The second-order valence-electron chi connectivity index (χ2n) is 4.30. The first kappa shape index (κ1) is 10.8. The third-order valence-electron chi connectivity index (χ3n) is 3.01. The largest absolute Gasteiger partial charge is 0.369 e. The number of amides is 1. The summed E-state index contributed by atoms with van der Waals surface area (Å²) < 4.78 is 12.9. The quantitative estimate of drug-likeness (QED) is 0.734. The van der Waals surface area contributed by atoms with E-state index in [1.54, 1.807) is 0 Å². The van der Waals surface area contributed by atoms with Crippen LogP contribution in [0.1, 0.15) is 13.3 Å². The lowest BCUT2D eigenvalue weighted by Gasteiger charge is -2.21. The summed E-state index contributed by atoms with van der Waals surface area (Å²) in [6.45, 7) is 2.93. The average Bonchev–Trinajstić information content (AvgIpc) is 2.62. The first-order valence-corrected chi connectivity index (χ1v) is 5.04. The van der Waals surface area contributed by atoms with Crippen LogP contribution >= 0.6 is 0 Å². The van der Waals surface area contributed by atoms with Gasteiger partial charge in [-0.05, 0) is 13.3 Å². The zero-order valence-electron chi connectivity index (χ0n) is 8.98. The summed E-state index contributed by atoms with van der Waals surface area (Å²) in [6, 6.07) is 1.26. The van der Waals surface area contributed by atoms with Crippen molar-refractivity contribution in [3.8, 4) is 0 Å². The molecule has 1 aromatic heterocycles. The molecular weight excluding hydrogens is 211 g/mol. The standard InChI is InChI=1S/C10H13FN4O/c1-10(9(12)16)2-3-15(5-10)8-4-7(11)13-6-14-8/h4,6H,2-3,5H2,1H3,(H2,12,16). The van der Waals surface area contributed by atoms with Crippen LogP contribution in [0.5, 0.6) is 0 Å². The zero-order chi connectivity index (χ0) is 11.8. The molecule has 86 valence electrons. The van der Waals surface area contributed by atoms with Crippen molar-refractivity contribution in [1.29, 1.82) is 0 Å². The molecule has 1 saturated heterocycles. The van der Waals surface area contributed by atoms with Gasteiger partial charge in [0.25, 0.3) is 0 Å². The summed E-state index contributed by atoms with van der Waals surface area (Å²) in [5.41, 5.74) is 4.78. The third-order valence-corrected chi connectivity index (χ3v) is 3.01. The number of rotatable bonds is 2. The average molecular weight is 224 g/mol. The van der Waals surface area contributed by atoms with Gasteiger partial charge in [-0.1, -0.05) is 0 Å². The highest BCUT2D eigenvalue weighted by Crippen LogP contribution is 2.31. The van der Waals surface area contributed by atoms with E-state index in [-0.39, 0.29) is 5.91 Å². The number of primary amides is 1. The number of aromatic nitrogens is 2. The lowest BCUT2D eigenvalue weighted by atomic mass is 9.89. The minimum Gasteiger partial charge on any atom is -0.369 e. The molecule has 5 nitrogen and oxygen atoms in total. The number of hydrogen-bond donors (Lipinski definition) is 1. The molecule has 0 radical (unpaired) electrons. The van der Waals surface area contributed by atoms with Gasteiger partial charge in [0.15, 0.2) is 0 Å². The number of halogens is 1. The molecule has 1 atom stereocenters.